The van der Waals surface area contributed by atoms with Crippen molar-refractivity contribution in [2.75, 3.05) is 14.2 Å². The molecule has 2 aromatic carbocycles. The van der Waals surface area contributed by atoms with Crippen LogP contribution in [0.2, 0.25) is 0 Å². The molecular weight excluding hydrogens is 290 g/mol. The zero-order chi connectivity index (χ0) is 16.8. The van der Waals surface area contributed by atoms with Crippen molar-refractivity contribution in [2.24, 2.45) is 4.99 Å². The molecule has 120 valence electrons. The van der Waals surface area contributed by atoms with Crippen molar-refractivity contribution in [3.63, 3.8) is 0 Å². The van der Waals surface area contributed by atoms with Gasteiger partial charge in [0.05, 0.1) is 7.11 Å². The van der Waals surface area contributed by atoms with Crippen molar-refractivity contribution < 1.29 is 14.3 Å². The molecule has 0 radical (unpaired) electrons. The monoisotopic (exact) mass is 311 g/mol. The van der Waals surface area contributed by atoms with E-state index in [1.807, 2.05) is 50.2 Å². The third kappa shape index (κ3) is 3.97. The molecule has 0 amide bonds. The van der Waals surface area contributed by atoms with Gasteiger partial charge in [0.2, 0.25) is 0 Å². The SMILES string of the molecule is CN=C(C(=O)OC)c1ccccc1COc1cc(C)ccc1C. The summed E-state index contributed by atoms with van der Waals surface area (Å²) in [5.74, 6) is 0.388. The van der Waals surface area contributed by atoms with Gasteiger partial charge in [0, 0.05) is 12.6 Å². The highest BCUT2D eigenvalue weighted by Gasteiger charge is 2.17. The minimum absolute atomic E-state index is 0.299. The van der Waals surface area contributed by atoms with Gasteiger partial charge >= 0.3 is 5.97 Å². The Labute approximate surface area is 136 Å². The number of ether oxygens (including phenoxy) is 2. The van der Waals surface area contributed by atoms with Crippen molar-refractivity contribution >= 4 is 11.7 Å². The van der Waals surface area contributed by atoms with E-state index in [-0.39, 0.29) is 0 Å². The Morgan fingerprint density at radius 2 is 1.87 bits per heavy atom. The van der Waals surface area contributed by atoms with Crippen LogP contribution in [0.25, 0.3) is 0 Å². The maximum absolute atomic E-state index is 11.9. The Morgan fingerprint density at radius 3 is 2.57 bits per heavy atom. The molecule has 0 bridgehead atoms. The summed E-state index contributed by atoms with van der Waals surface area (Å²) in [6.45, 7) is 4.39. The molecule has 2 aromatic rings. The van der Waals surface area contributed by atoms with Crippen LogP contribution in [0.1, 0.15) is 22.3 Å². The second kappa shape index (κ2) is 7.58. The number of carbonyl (C=O) groups is 1. The lowest BCUT2D eigenvalue weighted by Crippen LogP contribution is -2.19. The average molecular weight is 311 g/mol. The van der Waals surface area contributed by atoms with Gasteiger partial charge in [0.1, 0.15) is 12.4 Å². The van der Waals surface area contributed by atoms with E-state index >= 15 is 0 Å². The molecule has 23 heavy (non-hydrogen) atoms. The van der Waals surface area contributed by atoms with E-state index in [2.05, 4.69) is 11.1 Å². The molecule has 0 saturated heterocycles. The number of aliphatic imine (C=N–C) groups is 1. The van der Waals surface area contributed by atoms with Crippen LogP contribution in [0.5, 0.6) is 5.75 Å². The molecule has 2 rings (SSSR count). The van der Waals surface area contributed by atoms with E-state index in [1.165, 1.54) is 7.11 Å². The second-order valence-electron chi connectivity index (χ2n) is 5.28. The van der Waals surface area contributed by atoms with Gasteiger partial charge in [0.15, 0.2) is 5.71 Å². The second-order valence-corrected chi connectivity index (χ2v) is 5.28. The third-order valence-corrected chi connectivity index (χ3v) is 3.60. The first-order valence-electron chi connectivity index (χ1n) is 7.40. The van der Waals surface area contributed by atoms with Crippen LogP contribution >= 0.6 is 0 Å². The van der Waals surface area contributed by atoms with E-state index in [0.29, 0.717) is 12.3 Å². The van der Waals surface area contributed by atoms with Gasteiger partial charge in [0.25, 0.3) is 0 Å². The molecular formula is C19H21NO3. The lowest BCUT2D eigenvalue weighted by Gasteiger charge is -2.13. The van der Waals surface area contributed by atoms with Gasteiger partial charge in [-0.25, -0.2) is 4.79 Å². The lowest BCUT2D eigenvalue weighted by molar-refractivity contribution is -0.132. The van der Waals surface area contributed by atoms with Crippen LogP contribution in [0.3, 0.4) is 0 Å². The number of benzene rings is 2. The summed E-state index contributed by atoms with van der Waals surface area (Å²) in [6, 6.07) is 13.6. The highest BCUT2D eigenvalue weighted by atomic mass is 16.5. The Balaban J connectivity index is 2.27. The number of esters is 1. The molecule has 0 aromatic heterocycles. The van der Waals surface area contributed by atoms with Crippen molar-refractivity contribution in [2.45, 2.75) is 20.5 Å². The smallest absolute Gasteiger partial charge is 0.356 e. The first kappa shape index (κ1) is 16.7. The molecule has 0 atom stereocenters. The van der Waals surface area contributed by atoms with E-state index in [4.69, 9.17) is 9.47 Å². The molecule has 0 heterocycles. The summed E-state index contributed by atoms with van der Waals surface area (Å²) in [6.07, 6.45) is 0. The molecule has 0 fully saturated rings. The predicted octanol–water partition coefficient (Wildman–Crippen LogP) is 3.47. The minimum Gasteiger partial charge on any atom is -0.489 e. The first-order chi connectivity index (χ1) is 11.1. The molecule has 0 aliphatic carbocycles. The quantitative estimate of drug-likeness (QED) is 0.627. The number of hydrogen-bond acceptors (Lipinski definition) is 4. The Bertz CT molecular complexity index is 735. The summed E-state index contributed by atoms with van der Waals surface area (Å²) in [5.41, 5.74) is 4.13. The Kier molecular flexibility index (Phi) is 5.52. The first-order valence-corrected chi connectivity index (χ1v) is 7.40. The maximum atomic E-state index is 11.9. The molecule has 0 aliphatic heterocycles. The van der Waals surface area contributed by atoms with Crippen molar-refractivity contribution in [3.05, 3.63) is 64.7 Å². The molecule has 0 unspecified atom stereocenters. The molecule has 0 spiro atoms. The fourth-order valence-corrected chi connectivity index (χ4v) is 2.31. The zero-order valence-electron chi connectivity index (χ0n) is 13.9. The molecule has 0 N–H and O–H groups in total. The van der Waals surface area contributed by atoms with Gasteiger partial charge in [-0.2, -0.15) is 0 Å². The summed E-state index contributed by atoms with van der Waals surface area (Å²) in [7, 11) is 2.93. The van der Waals surface area contributed by atoms with Gasteiger partial charge in [-0.15, -0.1) is 0 Å². The van der Waals surface area contributed by atoms with Crippen LogP contribution in [0, 0.1) is 13.8 Å². The van der Waals surface area contributed by atoms with Crippen LogP contribution < -0.4 is 4.74 Å². The number of hydrogen-bond donors (Lipinski definition) is 0. The summed E-state index contributed by atoms with van der Waals surface area (Å²) in [5, 5.41) is 0. The van der Waals surface area contributed by atoms with Crippen LogP contribution in [0.4, 0.5) is 0 Å². The number of nitrogens with zero attached hydrogens (tertiary/aromatic N) is 1. The highest BCUT2D eigenvalue weighted by Crippen LogP contribution is 2.21. The summed E-state index contributed by atoms with van der Waals surface area (Å²) in [4.78, 5) is 15.9. The minimum atomic E-state index is -0.452. The van der Waals surface area contributed by atoms with Gasteiger partial charge in [-0.1, -0.05) is 36.4 Å². The normalized spacial score (nSPS) is 11.2. The fourth-order valence-electron chi connectivity index (χ4n) is 2.31. The zero-order valence-corrected chi connectivity index (χ0v) is 13.9. The number of carbonyl (C=O) groups excluding carboxylic acids is 1. The molecule has 0 aliphatic rings. The number of rotatable bonds is 5. The topological polar surface area (TPSA) is 47.9 Å². The molecule has 4 nitrogen and oxygen atoms in total. The highest BCUT2D eigenvalue weighted by molar-refractivity contribution is 6.43. The van der Waals surface area contributed by atoms with Gasteiger partial charge < -0.3 is 9.47 Å². The number of methoxy groups -OCH3 is 1. The van der Waals surface area contributed by atoms with Crippen molar-refractivity contribution in [3.8, 4) is 5.75 Å². The Hall–Kier alpha value is -2.62. The maximum Gasteiger partial charge on any atom is 0.356 e. The Morgan fingerprint density at radius 1 is 1.13 bits per heavy atom. The van der Waals surface area contributed by atoms with Gasteiger partial charge in [-0.3, -0.25) is 4.99 Å². The van der Waals surface area contributed by atoms with Gasteiger partial charge in [-0.05, 0) is 36.6 Å². The van der Waals surface area contributed by atoms with Crippen molar-refractivity contribution in [1.29, 1.82) is 0 Å². The number of aryl methyl sites for hydroxylation is 2. The van der Waals surface area contributed by atoms with E-state index in [0.717, 1.165) is 28.0 Å². The van der Waals surface area contributed by atoms with E-state index in [9.17, 15) is 4.79 Å². The lowest BCUT2D eigenvalue weighted by atomic mass is 10.0. The average Bonchev–Trinajstić information content (AvgIpc) is 2.57. The molecule has 0 saturated carbocycles. The van der Waals surface area contributed by atoms with E-state index in [1.54, 1.807) is 7.05 Å². The third-order valence-electron chi connectivity index (χ3n) is 3.60. The van der Waals surface area contributed by atoms with Crippen molar-refractivity contribution in [1.82, 2.24) is 0 Å². The summed E-state index contributed by atoms with van der Waals surface area (Å²) >= 11 is 0. The van der Waals surface area contributed by atoms with Crippen LogP contribution in [0.15, 0.2) is 47.5 Å². The largest absolute Gasteiger partial charge is 0.489 e. The predicted molar refractivity (Wildman–Crippen MR) is 91.2 cm³/mol. The van der Waals surface area contributed by atoms with Crippen LogP contribution in [-0.2, 0) is 16.1 Å². The van der Waals surface area contributed by atoms with E-state index < -0.39 is 5.97 Å². The summed E-state index contributed by atoms with van der Waals surface area (Å²) < 4.78 is 10.7. The fraction of sp³-hybridized carbons (Fsp3) is 0.263. The van der Waals surface area contributed by atoms with Crippen LogP contribution in [-0.4, -0.2) is 25.8 Å². The standard InChI is InChI=1S/C19H21NO3/c1-13-9-10-14(2)17(11-13)23-12-15-7-5-6-8-16(15)18(20-3)19(21)22-4/h5-11H,12H2,1-4H3. The molecule has 4 heteroatoms.